The zero-order chi connectivity index (χ0) is 24.6. The van der Waals surface area contributed by atoms with Gasteiger partial charge in [-0.25, -0.2) is 19.7 Å². The average Bonchev–Trinajstić information content (AvgIpc) is 3.24. The lowest BCUT2D eigenvalue weighted by Gasteiger charge is -2.36. The summed E-state index contributed by atoms with van der Waals surface area (Å²) in [5.41, 5.74) is 3.24. The second-order valence-electron chi connectivity index (χ2n) is 10.0. The van der Waals surface area contributed by atoms with E-state index in [2.05, 4.69) is 20.3 Å². The molecule has 0 aromatic carbocycles. The van der Waals surface area contributed by atoms with Crippen molar-refractivity contribution in [1.82, 2.24) is 24.3 Å². The first-order valence-electron chi connectivity index (χ1n) is 12.2. The molecule has 0 saturated carbocycles. The molecule has 0 spiro atoms. The summed E-state index contributed by atoms with van der Waals surface area (Å²) in [4.78, 5) is 32.8. The summed E-state index contributed by atoms with van der Waals surface area (Å²) < 4.78 is 13.1. The van der Waals surface area contributed by atoms with Crippen LogP contribution in [-0.2, 0) is 9.47 Å². The number of amides is 1. The molecule has 1 amide bonds. The largest absolute Gasteiger partial charge is 0.444 e. The molecule has 5 heterocycles. The third-order valence-corrected chi connectivity index (χ3v) is 6.20. The number of pyridine rings is 1. The summed E-state index contributed by atoms with van der Waals surface area (Å²) in [6, 6.07) is 4.10. The van der Waals surface area contributed by atoms with E-state index in [0.717, 1.165) is 47.3 Å². The highest BCUT2D eigenvalue weighted by molar-refractivity contribution is 5.72. The number of hydrogen-bond donors (Lipinski definition) is 0. The molecule has 3 aromatic rings. The van der Waals surface area contributed by atoms with Gasteiger partial charge in [0, 0.05) is 57.2 Å². The quantitative estimate of drug-likeness (QED) is 0.567. The summed E-state index contributed by atoms with van der Waals surface area (Å²) >= 11 is 0. The van der Waals surface area contributed by atoms with E-state index in [0.29, 0.717) is 39.4 Å². The van der Waals surface area contributed by atoms with E-state index in [1.807, 2.05) is 52.4 Å². The Hall–Kier alpha value is -3.40. The Labute approximate surface area is 205 Å². The molecule has 5 rings (SSSR count). The summed E-state index contributed by atoms with van der Waals surface area (Å²) in [7, 11) is 0. The van der Waals surface area contributed by atoms with E-state index in [9.17, 15) is 4.79 Å². The van der Waals surface area contributed by atoms with Crippen LogP contribution in [0, 0.1) is 6.92 Å². The third kappa shape index (κ3) is 5.02. The number of ether oxygens (including phenoxy) is 2. The molecule has 0 radical (unpaired) electrons. The van der Waals surface area contributed by atoms with Crippen molar-refractivity contribution in [2.75, 3.05) is 62.3 Å². The van der Waals surface area contributed by atoms with Crippen molar-refractivity contribution in [3.63, 3.8) is 0 Å². The fourth-order valence-corrected chi connectivity index (χ4v) is 4.46. The highest BCUT2D eigenvalue weighted by Gasteiger charge is 2.26. The molecule has 3 aromatic heterocycles. The highest BCUT2D eigenvalue weighted by atomic mass is 16.6. The number of imidazole rings is 1. The fourth-order valence-electron chi connectivity index (χ4n) is 4.46. The molecule has 186 valence electrons. The van der Waals surface area contributed by atoms with Gasteiger partial charge < -0.3 is 24.2 Å². The Morgan fingerprint density at radius 3 is 2.37 bits per heavy atom. The molecule has 2 fully saturated rings. The maximum atomic E-state index is 12.3. The van der Waals surface area contributed by atoms with Gasteiger partial charge in [0.15, 0.2) is 11.5 Å². The van der Waals surface area contributed by atoms with Crippen LogP contribution in [0.25, 0.3) is 16.9 Å². The van der Waals surface area contributed by atoms with Crippen molar-refractivity contribution in [1.29, 1.82) is 0 Å². The predicted molar refractivity (Wildman–Crippen MR) is 134 cm³/mol. The van der Waals surface area contributed by atoms with Crippen LogP contribution in [0.4, 0.5) is 16.4 Å². The van der Waals surface area contributed by atoms with Gasteiger partial charge >= 0.3 is 6.09 Å². The zero-order valence-corrected chi connectivity index (χ0v) is 20.9. The first kappa shape index (κ1) is 23.3. The second kappa shape index (κ2) is 9.33. The van der Waals surface area contributed by atoms with Gasteiger partial charge in [0.1, 0.15) is 11.4 Å². The van der Waals surface area contributed by atoms with Crippen molar-refractivity contribution >= 4 is 23.4 Å². The van der Waals surface area contributed by atoms with Gasteiger partial charge in [-0.15, -0.1) is 0 Å². The molecule has 0 bridgehead atoms. The maximum Gasteiger partial charge on any atom is 0.410 e. The minimum atomic E-state index is -0.486. The maximum absolute atomic E-state index is 12.3. The van der Waals surface area contributed by atoms with Crippen molar-refractivity contribution in [3.05, 3.63) is 36.4 Å². The number of carbonyl (C=O) groups is 1. The minimum Gasteiger partial charge on any atom is -0.444 e. The number of hydrogen-bond acceptors (Lipinski definition) is 8. The smallest absolute Gasteiger partial charge is 0.410 e. The topological polar surface area (TPSA) is 88.3 Å². The van der Waals surface area contributed by atoms with E-state index in [1.54, 1.807) is 4.90 Å². The van der Waals surface area contributed by atoms with Crippen molar-refractivity contribution < 1.29 is 14.3 Å². The van der Waals surface area contributed by atoms with E-state index in [1.165, 1.54) is 0 Å². The molecule has 2 saturated heterocycles. The van der Waals surface area contributed by atoms with Gasteiger partial charge in [-0.3, -0.25) is 4.40 Å². The van der Waals surface area contributed by atoms with Gasteiger partial charge in [0.25, 0.3) is 0 Å². The third-order valence-electron chi connectivity index (χ3n) is 6.20. The molecule has 0 N–H and O–H groups in total. The van der Waals surface area contributed by atoms with Gasteiger partial charge in [0.05, 0.1) is 30.8 Å². The molecule has 35 heavy (non-hydrogen) atoms. The summed E-state index contributed by atoms with van der Waals surface area (Å²) in [5.74, 6) is 1.78. The van der Waals surface area contributed by atoms with Crippen LogP contribution in [0.1, 0.15) is 26.5 Å². The Kier molecular flexibility index (Phi) is 6.22. The molecule has 0 aliphatic carbocycles. The Bertz CT molecular complexity index is 1190. The lowest BCUT2D eigenvalue weighted by atomic mass is 10.2. The van der Waals surface area contributed by atoms with Crippen molar-refractivity contribution in [3.8, 4) is 11.3 Å². The zero-order valence-electron chi connectivity index (χ0n) is 20.9. The molecule has 0 unspecified atom stereocenters. The van der Waals surface area contributed by atoms with E-state index in [4.69, 9.17) is 24.4 Å². The summed E-state index contributed by atoms with van der Waals surface area (Å²) in [6.07, 6.45) is 5.57. The summed E-state index contributed by atoms with van der Waals surface area (Å²) in [6.45, 7) is 13.3. The van der Waals surface area contributed by atoms with Crippen LogP contribution in [0.3, 0.4) is 0 Å². The van der Waals surface area contributed by atoms with Crippen LogP contribution in [-0.4, -0.2) is 88.4 Å². The lowest BCUT2D eigenvalue weighted by Crippen LogP contribution is -2.50. The van der Waals surface area contributed by atoms with Crippen LogP contribution < -0.4 is 9.80 Å². The highest BCUT2D eigenvalue weighted by Crippen LogP contribution is 2.27. The average molecular weight is 480 g/mol. The van der Waals surface area contributed by atoms with Crippen molar-refractivity contribution in [2.45, 2.75) is 33.3 Å². The van der Waals surface area contributed by atoms with Crippen LogP contribution in [0.5, 0.6) is 0 Å². The number of rotatable bonds is 3. The van der Waals surface area contributed by atoms with Crippen LogP contribution in [0.2, 0.25) is 0 Å². The SMILES string of the molecule is Cc1cn2c(-c3ccc(N4CCN(C(=O)OC(C)(C)C)CC4)nc3)cnc(N3CCOCC3)c2n1. The molecule has 2 aliphatic heterocycles. The van der Waals surface area contributed by atoms with Gasteiger partial charge in [-0.2, -0.15) is 0 Å². The number of fused-ring (bicyclic) bond motifs is 1. The molecule has 2 aliphatic rings. The second-order valence-corrected chi connectivity index (χ2v) is 10.0. The molecule has 10 heteroatoms. The monoisotopic (exact) mass is 479 g/mol. The van der Waals surface area contributed by atoms with E-state index in [-0.39, 0.29) is 6.09 Å². The summed E-state index contributed by atoms with van der Waals surface area (Å²) in [5, 5.41) is 0. The first-order chi connectivity index (χ1) is 16.8. The van der Waals surface area contributed by atoms with Gasteiger partial charge in [-0.1, -0.05) is 0 Å². The normalized spacial score (nSPS) is 17.2. The standard InChI is InChI=1S/C25H33N7O3/c1-18-17-32-20(16-27-22(23(32)28-18)30-11-13-34-14-12-30)19-5-6-21(26-15-19)29-7-9-31(10-8-29)24(33)35-25(2,3)4/h5-6,15-17H,7-14H2,1-4H3. The lowest BCUT2D eigenvalue weighted by molar-refractivity contribution is 0.0240. The number of aromatic nitrogens is 4. The number of piperazine rings is 1. The number of morpholine rings is 1. The number of carbonyl (C=O) groups excluding carboxylic acids is 1. The first-order valence-corrected chi connectivity index (χ1v) is 12.2. The fraction of sp³-hybridized carbons (Fsp3) is 0.520. The molecule has 0 atom stereocenters. The van der Waals surface area contributed by atoms with E-state index >= 15 is 0 Å². The number of nitrogens with zero attached hydrogens (tertiary/aromatic N) is 7. The molecular weight excluding hydrogens is 446 g/mol. The predicted octanol–water partition coefficient (Wildman–Crippen LogP) is 2.99. The number of anilines is 2. The molecular formula is C25H33N7O3. The van der Waals surface area contributed by atoms with Gasteiger partial charge in [-0.05, 0) is 39.8 Å². The number of aryl methyl sites for hydroxylation is 1. The Balaban J connectivity index is 1.31. The van der Waals surface area contributed by atoms with Gasteiger partial charge in [0.2, 0.25) is 0 Å². The minimum absolute atomic E-state index is 0.256. The Morgan fingerprint density at radius 2 is 1.71 bits per heavy atom. The Morgan fingerprint density at radius 1 is 0.971 bits per heavy atom. The van der Waals surface area contributed by atoms with E-state index < -0.39 is 5.60 Å². The van der Waals surface area contributed by atoms with Crippen LogP contribution >= 0.6 is 0 Å². The molecule has 10 nitrogen and oxygen atoms in total. The van der Waals surface area contributed by atoms with Crippen LogP contribution in [0.15, 0.2) is 30.7 Å². The van der Waals surface area contributed by atoms with Crippen molar-refractivity contribution in [2.24, 2.45) is 0 Å².